The van der Waals surface area contributed by atoms with E-state index in [1.165, 1.54) is 11.1 Å². The monoisotopic (exact) mass is 532 g/mol. The summed E-state index contributed by atoms with van der Waals surface area (Å²) in [6.07, 6.45) is 8.18. The quantitative estimate of drug-likeness (QED) is 0.113. The molecule has 0 aliphatic carbocycles. The Labute approximate surface area is 239 Å². The van der Waals surface area contributed by atoms with E-state index in [1.54, 1.807) is 0 Å². The van der Waals surface area contributed by atoms with Gasteiger partial charge in [-0.15, -0.1) is 0 Å². The van der Waals surface area contributed by atoms with Crippen LogP contribution in [0.5, 0.6) is 11.5 Å². The molecule has 0 spiro atoms. The van der Waals surface area contributed by atoms with Gasteiger partial charge in [0.05, 0.1) is 25.3 Å². The molecular formula is C36H40N2O2. The summed E-state index contributed by atoms with van der Waals surface area (Å²) in [6.45, 7) is 5.67. The number of rotatable bonds is 15. The highest BCUT2D eigenvalue weighted by atomic mass is 16.5. The first kappa shape index (κ1) is 28.8. The van der Waals surface area contributed by atoms with E-state index in [4.69, 9.17) is 9.47 Å². The molecule has 40 heavy (non-hydrogen) atoms. The van der Waals surface area contributed by atoms with E-state index in [0.717, 1.165) is 61.5 Å². The van der Waals surface area contributed by atoms with Gasteiger partial charge in [-0.3, -0.25) is 9.98 Å². The highest BCUT2D eigenvalue weighted by Crippen LogP contribution is 2.18. The van der Waals surface area contributed by atoms with Gasteiger partial charge in [0, 0.05) is 12.4 Å². The molecule has 4 aromatic carbocycles. The lowest BCUT2D eigenvalue weighted by molar-refractivity contribution is 0.287. The lowest BCUT2D eigenvalue weighted by Gasteiger charge is -2.08. The van der Waals surface area contributed by atoms with Crippen molar-refractivity contribution >= 4 is 12.4 Å². The fraction of sp³-hybridized carbons (Fsp3) is 0.278. The SMILES string of the molecule is C[C@H](N=Cc1ccc(OCCCCCCOc2ccc(C=N[C@H](C)c3ccccc3)cc2)cc1)c1ccccc1. The fourth-order valence-electron chi connectivity index (χ4n) is 4.27. The maximum absolute atomic E-state index is 5.92. The van der Waals surface area contributed by atoms with Crippen LogP contribution < -0.4 is 9.47 Å². The Hall–Kier alpha value is -4.18. The summed E-state index contributed by atoms with van der Waals surface area (Å²) in [4.78, 5) is 9.34. The summed E-state index contributed by atoms with van der Waals surface area (Å²) in [5.41, 5.74) is 4.59. The molecule has 4 heteroatoms. The summed E-state index contributed by atoms with van der Waals surface area (Å²) < 4.78 is 11.8. The van der Waals surface area contributed by atoms with Crippen molar-refractivity contribution in [2.24, 2.45) is 9.98 Å². The average molecular weight is 533 g/mol. The van der Waals surface area contributed by atoms with Crippen LogP contribution in [0.3, 0.4) is 0 Å². The first-order valence-corrected chi connectivity index (χ1v) is 14.3. The molecule has 0 saturated heterocycles. The second-order valence-corrected chi connectivity index (χ2v) is 9.98. The van der Waals surface area contributed by atoms with Crippen molar-refractivity contribution in [2.75, 3.05) is 13.2 Å². The minimum Gasteiger partial charge on any atom is -0.494 e. The number of hydrogen-bond donors (Lipinski definition) is 0. The zero-order valence-electron chi connectivity index (χ0n) is 23.7. The molecule has 0 heterocycles. The van der Waals surface area contributed by atoms with Crippen LogP contribution >= 0.6 is 0 Å². The van der Waals surface area contributed by atoms with Crippen LogP contribution in [0.1, 0.15) is 73.9 Å². The van der Waals surface area contributed by atoms with Gasteiger partial charge in [0.2, 0.25) is 0 Å². The highest BCUT2D eigenvalue weighted by Gasteiger charge is 2.02. The summed E-state index contributed by atoms with van der Waals surface area (Å²) in [6, 6.07) is 37.2. The van der Waals surface area contributed by atoms with E-state index >= 15 is 0 Å². The smallest absolute Gasteiger partial charge is 0.119 e. The molecule has 4 rings (SSSR count). The van der Waals surface area contributed by atoms with Crippen LogP contribution in [0.15, 0.2) is 119 Å². The van der Waals surface area contributed by atoms with Crippen molar-refractivity contribution in [3.05, 3.63) is 131 Å². The minimum atomic E-state index is 0.141. The van der Waals surface area contributed by atoms with E-state index in [2.05, 4.69) is 72.4 Å². The summed E-state index contributed by atoms with van der Waals surface area (Å²) in [5, 5.41) is 0. The Morgan fingerprint density at radius 3 is 1.25 bits per heavy atom. The number of aliphatic imine (C=N–C) groups is 2. The van der Waals surface area contributed by atoms with Gasteiger partial charge in [0.25, 0.3) is 0 Å². The van der Waals surface area contributed by atoms with Crippen molar-refractivity contribution in [1.29, 1.82) is 0 Å². The summed E-state index contributed by atoms with van der Waals surface area (Å²) in [7, 11) is 0. The molecule has 0 N–H and O–H groups in total. The number of hydrogen-bond acceptors (Lipinski definition) is 4. The van der Waals surface area contributed by atoms with Crippen molar-refractivity contribution in [1.82, 2.24) is 0 Å². The van der Waals surface area contributed by atoms with Gasteiger partial charge in [-0.2, -0.15) is 0 Å². The van der Waals surface area contributed by atoms with Gasteiger partial charge in [-0.05, 0) is 110 Å². The normalized spacial score (nSPS) is 12.9. The number of nitrogens with zero attached hydrogens (tertiary/aromatic N) is 2. The second kappa shape index (κ2) is 16.0. The molecule has 0 saturated carbocycles. The van der Waals surface area contributed by atoms with Crippen LogP contribution in [0.2, 0.25) is 0 Å². The van der Waals surface area contributed by atoms with Gasteiger partial charge in [0.15, 0.2) is 0 Å². The number of ether oxygens (including phenoxy) is 2. The maximum Gasteiger partial charge on any atom is 0.119 e. The van der Waals surface area contributed by atoms with Crippen molar-refractivity contribution in [3.63, 3.8) is 0 Å². The summed E-state index contributed by atoms with van der Waals surface area (Å²) in [5.74, 6) is 1.80. The van der Waals surface area contributed by atoms with Crippen LogP contribution in [-0.4, -0.2) is 25.6 Å². The van der Waals surface area contributed by atoms with Gasteiger partial charge in [0.1, 0.15) is 11.5 Å². The van der Waals surface area contributed by atoms with Crippen molar-refractivity contribution in [2.45, 2.75) is 51.6 Å². The Balaban J connectivity index is 1.05. The van der Waals surface area contributed by atoms with Crippen molar-refractivity contribution < 1.29 is 9.47 Å². The molecule has 0 fully saturated rings. The molecule has 4 aromatic rings. The zero-order valence-corrected chi connectivity index (χ0v) is 23.7. The molecule has 4 nitrogen and oxygen atoms in total. The van der Waals surface area contributed by atoms with Gasteiger partial charge in [-0.25, -0.2) is 0 Å². The molecule has 2 atom stereocenters. The summed E-state index contributed by atoms with van der Waals surface area (Å²) >= 11 is 0. The van der Waals surface area contributed by atoms with E-state index in [-0.39, 0.29) is 12.1 Å². The molecule has 0 aromatic heterocycles. The highest BCUT2D eigenvalue weighted by molar-refractivity contribution is 5.80. The van der Waals surface area contributed by atoms with Crippen molar-refractivity contribution in [3.8, 4) is 11.5 Å². The third-order valence-electron chi connectivity index (χ3n) is 6.79. The Bertz CT molecular complexity index is 1200. The number of benzene rings is 4. The standard InChI is InChI=1S/C36H40N2O2/c1-29(33-13-7-5-8-14-33)37-27-31-17-21-35(22-18-31)39-25-11-3-4-12-26-40-36-23-19-32(20-24-36)28-38-30(2)34-15-9-6-10-16-34/h5-10,13-24,27-30H,3-4,11-12,25-26H2,1-2H3/t29-,30+. The van der Waals surface area contributed by atoms with Crippen LogP contribution in [0.4, 0.5) is 0 Å². The molecule has 206 valence electrons. The van der Waals surface area contributed by atoms with Gasteiger partial charge >= 0.3 is 0 Å². The van der Waals surface area contributed by atoms with Crippen LogP contribution in [-0.2, 0) is 0 Å². The maximum atomic E-state index is 5.92. The molecule has 0 radical (unpaired) electrons. The van der Waals surface area contributed by atoms with E-state index in [9.17, 15) is 0 Å². The molecule has 0 unspecified atom stereocenters. The predicted molar refractivity (Wildman–Crippen MR) is 167 cm³/mol. The van der Waals surface area contributed by atoms with Crippen LogP contribution in [0, 0.1) is 0 Å². The lowest BCUT2D eigenvalue weighted by atomic mass is 10.1. The molecule has 0 amide bonds. The van der Waals surface area contributed by atoms with E-state index in [0.29, 0.717) is 0 Å². The van der Waals surface area contributed by atoms with E-state index < -0.39 is 0 Å². The zero-order chi connectivity index (χ0) is 27.8. The fourth-order valence-corrected chi connectivity index (χ4v) is 4.27. The van der Waals surface area contributed by atoms with E-state index in [1.807, 2.05) is 73.1 Å². The first-order chi connectivity index (χ1) is 19.7. The molecule has 0 bridgehead atoms. The Kier molecular flexibility index (Phi) is 11.6. The minimum absolute atomic E-state index is 0.141. The molecular weight excluding hydrogens is 492 g/mol. The number of unbranched alkanes of at least 4 members (excludes halogenated alkanes) is 3. The molecule has 0 aliphatic heterocycles. The Morgan fingerprint density at radius 1 is 0.500 bits per heavy atom. The first-order valence-electron chi connectivity index (χ1n) is 14.3. The predicted octanol–water partition coefficient (Wildman–Crippen LogP) is 9.07. The third kappa shape index (κ3) is 9.85. The Morgan fingerprint density at radius 2 is 0.875 bits per heavy atom. The van der Waals surface area contributed by atoms with Crippen LogP contribution in [0.25, 0.3) is 0 Å². The molecule has 0 aliphatic rings. The second-order valence-electron chi connectivity index (χ2n) is 9.98. The average Bonchev–Trinajstić information content (AvgIpc) is 3.02. The third-order valence-corrected chi connectivity index (χ3v) is 6.79. The lowest BCUT2D eigenvalue weighted by Crippen LogP contribution is -2.00. The van der Waals surface area contributed by atoms with Gasteiger partial charge in [-0.1, -0.05) is 60.7 Å². The topological polar surface area (TPSA) is 43.2 Å². The largest absolute Gasteiger partial charge is 0.494 e. The van der Waals surface area contributed by atoms with Gasteiger partial charge < -0.3 is 9.47 Å².